The summed E-state index contributed by atoms with van der Waals surface area (Å²) >= 11 is 6.39. The molecule has 0 saturated carbocycles. The van der Waals surface area contributed by atoms with Gasteiger partial charge in [0.2, 0.25) is 5.91 Å². The van der Waals surface area contributed by atoms with Crippen LogP contribution in [0.3, 0.4) is 0 Å². The summed E-state index contributed by atoms with van der Waals surface area (Å²) in [4.78, 5) is 32.9. The lowest BCUT2D eigenvalue weighted by Gasteiger charge is -2.29. The number of carbonyl (C=O) groups excluding carboxylic acids is 2. The van der Waals surface area contributed by atoms with Gasteiger partial charge in [0.15, 0.2) is 5.69 Å². The minimum atomic E-state index is -0.167. The van der Waals surface area contributed by atoms with Crippen LogP contribution in [0.5, 0.6) is 0 Å². The summed E-state index contributed by atoms with van der Waals surface area (Å²) in [5.41, 5.74) is 2.00. The highest BCUT2D eigenvalue weighted by Crippen LogP contribution is 2.29. The fourth-order valence-electron chi connectivity index (χ4n) is 4.47. The predicted molar refractivity (Wildman–Crippen MR) is 140 cm³/mol. The van der Waals surface area contributed by atoms with Crippen molar-refractivity contribution in [3.05, 3.63) is 46.3 Å². The van der Waals surface area contributed by atoms with Gasteiger partial charge < -0.3 is 14.3 Å². The molecule has 1 aliphatic rings. The smallest absolute Gasteiger partial charge is 0.276 e. The number of halogens is 1. The first-order valence-electron chi connectivity index (χ1n) is 12.8. The van der Waals surface area contributed by atoms with Crippen LogP contribution < -0.4 is 4.90 Å². The zero-order chi connectivity index (χ0) is 25.5. The Morgan fingerprint density at radius 3 is 2.54 bits per heavy atom. The average molecular weight is 503 g/mol. The largest absolute Gasteiger partial charge is 0.361 e. The summed E-state index contributed by atoms with van der Waals surface area (Å²) in [5, 5.41) is 4.63. The Hall–Kier alpha value is -2.38. The second-order valence-electron chi connectivity index (χ2n) is 10.1. The summed E-state index contributed by atoms with van der Waals surface area (Å²) in [5.74, 6) is 0.880. The van der Waals surface area contributed by atoms with Crippen LogP contribution in [0.15, 0.2) is 28.8 Å². The third-order valence-electron chi connectivity index (χ3n) is 6.36. The van der Waals surface area contributed by atoms with Gasteiger partial charge in [-0.25, -0.2) is 0 Å². The van der Waals surface area contributed by atoms with Gasteiger partial charge in [-0.2, -0.15) is 0 Å². The summed E-state index contributed by atoms with van der Waals surface area (Å²) in [6, 6.07) is 7.68. The topological polar surface area (TPSA) is 69.9 Å². The van der Waals surface area contributed by atoms with Crippen molar-refractivity contribution in [1.29, 1.82) is 0 Å². The van der Waals surface area contributed by atoms with Gasteiger partial charge >= 0.3 is 0 Å². The van der Waals surface area contributed by atoms with E-state index in [2.05, 4.69) is 44.7 Å². The fourth-order valence-corrected chi connectivity index (χ4v) is 4.63. The highest BCUT2D eigenvalue weighted by Gasteiger charge is 2.26. The van der Waals surface area contributed by atoms with Crippen molar-refractivity contribution in [2.75, 3.05) is 31.1 Å². The molecule has 2 amide bonds. The Labute approximate surface area is 214 Å². The third kappa shape index (κ3) is 7.31. The number of fused-ring (bicyclic) bond motifs is 1. The normalized spacial score (nSPS) is 15.9. The molecule has 0 aliphatic carbocycles. The van der Waals surface area contributed by atoms with Crippen LogP contribution in [-0.4, -0.2) is 59.0 Å². The number of carbonyl (C=O) groups is 2. The van der Waals surface area contributed by atoms with Crippen molar-refractivity contribution in [2.45, 2.75) is 72.9 Å². The van der Waals surface area contributed by atoms with Gasteiger partial charge in [0.1, 0.15) is 5.76 Å². The van der Waals surface area contributed by atoms with E-state index in [1.165, 1.54) is 0 Å². The van der Waals surface area contributed by atoms with Crippen LogP contribution in [0.2, 0.25) is 5.02 Å². The molecule has 1 aromatic carbocycles. The molecule has 0 atom stereocenters. The number of hydrogen-bond donors (Lipinski definition) is 0. The molecule has 0 radical (unpaired) electrons. The minimum Gasteiger partial charge on any atom is -0.361 e. The van der Waals surface area contributed by atoms with E-state index in [4.69, 9.17) is 16.1 Å². The molecule has 0 unspecified atom stereocenters. The fraction of sp³-hybridized carbons (Fsp3) is 0.593. The van der Waals surface area contributed by atoms with Crippen LogP contribution in [0.1, 0.15) is 75.7 Å². The maximum Gasteiger partial charge on any atom is 0.276 e. The van der Waals surface area contributed by atoms with Crippen molar-refractivity contribution in [2.24, 2.45) is 5.92 Å². The summed E-state index contributed by atoms with van der Waals surface area (Å²) in [6.45, 7) is 13.6. The highest BCUT2D eigenvalue weighted by molar-refractivity contribution is 6.31. The van der Waals surface area contributed by atoms with Gasteiger partial charge in [-0.1, -0.05) is 43.6 Å². The van der Waals surface area contributed by atoms with Crippen molar-refractivity contribution in [1.82, 2.24) is 15.0 Å². The molecule has 192 valence electrons. The van der Waals surface area contributed by atoms with Gasteiger partial charge in [-0.15, -0.1) is 0 Å². The molecule has 0 spiro atoms. The van der Waals surface area contributed by atoms with Crippen molar-refractivity contribution >= 4 is 29.1 Å². The minimum absolute atomic E-state index is 0.0810. The van der Waals surface area contributed by atoms with Crippen LogP contribution >= 0.6 is 11.6 Å². The number of rotatable bonds is 6. The van der Waals surface area contributed by atoms with Gasteiger partial charge in [0.05, 0.1) is 5.69 Å². The molecule has 35 heavy (non-hydrogen) atoms. The van der Waals surface area contributed by atoms with E-state index in [1.807, 2.05) is 28.0 Å². The lowest BCUT2D eigenvalue weighted by atomic mass is 10.1. The lowest BCUT2D eigenvalue weighted by Crippen LogP contribution is -2.41. The second kappa shape index (κ2) is 12.5. The van der Waals surface area contributed by atoms with Gasteiger partial charge in [0, 0.05) is 62.7 Å². The lowest BCUT2D eigenvalue weighted by molar-refractivity contribution is -0.119. The number of hydrogen-bond acceptors (Lipinski definition) is 5. The highest BCUT2D eigenvalue weighted by atomic mass is 35.5. The van der Waals surface area contributed by atoms with E-state index in [0.717, 1.165) is 49.4 Å². The van der Waals surface area contributed by atoms with Crippen molar-refractivity contribution < 1.29 is 14.1 Å². The number of aryl methyl sites for hydroxylation is 1. The standard InChI is InChI=1S/C27H39ClN4O3/c1-6-8-23-17-24(29-35-23)27(34)31-14-13-30(20(4)5)11-7-12-32(26(33)15-19(2)3)25-16-22(28)10-9-21(25)18-31/h9-10,16-17,19-20H,6-8,11-15,18H2,1-5H3. The molecular weight excluding hydrogens is 464 g/mol. The van der Waals surface area contributed by atoms with Gasteiger partial charge in [-0.05, 0) is 50.3 Å². The molecule has 0 saturated heterocycles. The van der Waals surface area contributed by atoms with Crippen molar-refractivity contribution in [3.8, 4) is 0 Å². The van der Waals surface area contributed by atoms with Gasteiger partial charge in [-0.3, -0.25) is 14.5 Å². The summed E-state index contributed by atoms with van der Waals surface area (Å²) in [6.07, 6.45) is 2.97. The van der Waals surface area contributed by atoms with Crippen molar-refractivity contribution in [3.63, 3.8) is 0 Å². The van der Waals surface area contributed by atoms with Crippen LogP contribution in [-0.2, 0) is 17.8 Å². The summed E-state index contributed by atoms with van der Waals surface area (Å²) < 4.78 is 5.39. The molecule has 8 heteroatoms. The van der Waals surface area contributed by atoms with E-state index >= 15 is 0 Å². The summed E-state index contributed by atoms with van der Waals surface area (Å²) in [7, 11) is 0. The molecule has 0 fully saturated rings. The zero-order valence-corrected chi connectivity index (χ0v) is 22.5. The van der Waals surface area contributed by atoms with E-state index in [0.29, 0.717) is 42.8 Å². The van der Waals surface area contributed by atoms with Crippen LogP contribution in [0.4, 0.5) is 5.69 Å². The van der Waals surface area contributed by atoms with Gasteiger partial charge in [0.25, 0.3) is 5.91 Å². The number of aromatic nitrogens is 1. The van der Waals surface area contributed by atoms with Crippen LogP contribution in [0, 0.1) is 5.92 Å². The Morgan fingerprint density at radius 2 is 1.86 bits per heavy atom. The SMILES string of the molecule is CCCc1cc(C(=O)N2CCN(C(C)C)CCCN(C(=O)CC(C)C)c3cc(Cl)ccc3C2)no1. The number of amides is 2. The Kier molecular flexibility index (Phi) is 9.75. The number of anilines is 1. The molecule has 1 aliphatic heterocycles. The second-order valence-corrected chi connectivity index (χ2v) is 10.5. The van der Waals surface area contributed by atoms with E-state index in [-0.39, 0.29) is 17.7 Å². The molecule has 2 heterocycles. The molecular formula is C27H39ClN4O3. The quantitative estimate of drug-likeness (QED) is 0.527. The molecule has 1 aromatic heterocycles. The molecule has 0 bridgehead atoms. The monoisotopic (exact) mass is 502 g/mol. The number of nitrogens with zero attached hydrogens (tertiary/aromatic N) is 4. The molecule has 3 rings (SSSR count). The first-order chi connectivity index (χ1) is 16.7. The van der Waals surface area contributed by atoms with Crippen LogP contribution in [0.25, 0.3) is 0 Å². The third-order valence-corrected chi connectivity index (χ3v) is 6.59. The van der Waals surface area contributed by atoms with E-state index in [1.54, 1.807) is 6.07 Å². The average Bonchev–Trinajstić information content (AvgIpc) is 3.24. The molecule has 7 nitrogen and oxygen atoms in total. The molecule has 0 N–H and O–H groups in total. The zero-order valence-electron chi connectivity index (χ0n) is 21.7. The maximum absolute atomic E-state index is 13.6. The Balaban J connectivity index is 2.00. The first-order valence-corrected chi connectivity index (χ1v) is 13.1. The molecule has 2 aromatic rings. The number of benzene rings is 1. The maximum atomic E-state index is 13.6. The predicted octanol–water partition coefficient (Wildman–Crippen LogP) is 5.42. The van der Waals surface area contributed by atoms with E-state index in [9.17, 15) is 9.59 Å². The Morgan fingerprint density at radius 1 is 1.09 bits per heavy atom. The van der Waals surface area contributed by atoms with E-state index < -0.39 is 0 Å². The first kappa shape index (κ1) is 27.2. The Bertz CT molecular complexity index is 1000.